The van der Waals surface area contributed by atoms with E-state index in [0.717, 1.165) is 17.7 Å². The van der Waals surface area contributed by atoms with Gasteiger partial charge in [0.25, 0.3) is 0 Å². The van der Waals surface area contributed by atoms with Crippen molar-refractivity contribution in [1.82, 2.24) is 5.01 Å². The van der Waals surface area contributed by atoms with Crippen LogP contribution in [0.3, 0.4) is 0 Å². The molecule has 3 heteroatoms. The Balaban J connectivity index is 1.87. The van der Waals surface area contributed by atoms with Gasteiger partial charge in [-0.2, -0.15) is 5.10 Å². The number of hydrogen-bond donors (Lipinski definition) is 1. The van der Waals surface area contributed by atoms with Crippen molar-refractivity contribution in [2.75, 3.05) is 7.05 Å². The first kappa shape index (κ1) is 12.7. The molecule has 0 radical (unpaired) electrons. The summed E-state index contributed by atoms with van der Waals surface area (Å²) in [4.78, 5) is 0. The number of benzene rings is 2. The number of hydrazone groups is 1. The molecule has 102 valence electrons. The van der Waals surface area contributed by atoms with Crippen LogP contribution in [0.4, 0.5) is 0 Å². The Labute approximate surface area is 119 Å². The SMILES string of the molecule is Cc1ccccc1C1CC(c2ccc(O)cc2)=NN1C. The van der Waals surface area contributed by atoms with Gasteiger partial charge in [-0.25, -0.2) is 0 Å². The summed E-state index contributed by atoms with van der Waals surface area (Å²) in [6.07, 6.45) is 0.895. The van der Waals surface area contributed by atoms with E-state index in [1.54, 1.807) is 12.1 Å². The Morgan fingerprint density at radius 2 is 1.80 bits per heavy atom. The molecular weight excluding hydrogens is 248 g/mol. The first-order valence-corrected chi connectivity index (χ1v) is 6.80. The number of hydrogen-bond acceptors (Lipinski definition) is 3. The van der Waals surface area contributed by atoms with Gasteiger partial charge in [0.2, 0.25) is 0 Å². The highest BCUT2D eigenvalue weighted by molar-refractivity contribution is 6.01. The maximum absolute atomic E-state index is 9.37. The molecule has 0 fully saturated rings. The van der Waals surface area contributed by atoms with Gasteiger partial charge in [-0.05, 0) is 47.9 Å². The van der Waals surface area contributed by atoms with Crippen molar-refractivity contribution in [3.63, 3.8) is 0 Å². The van der Waals surface area contributed by atoms with E-state index in [1.165, 1.54) is 11.1 Å². The molecule has 1 heterocycles. The summed E-state index contributed by atoms with van der Waals surface area (Å²) >= 11 is 0. The van der Waals surface area contributed by atoms with Crippen LogP contribution in [0.25, 0.3) is 0 Å². The maximum atomic E-state index is 9.37. The number of nitrogens with zero attached hydrogens (tertiary/aromatic N) is 2. The Bertz CT molecular complexity index is 646. The van der Waals surface area contributed by atoms with Crippen molar-refractivity contribution >= 4 is 5.71 Å². The highest BCUT2D eigenvalue weighted by Crippen LogP contribution is 2.33. The molecule has 1 N–H and O–H groups in total. The Kier molecular flexibility index (Phi) is 3.18. The molecule has 1 aliphatic rings. The highest BCUT2D eigenvalue weighted by Gasteiger charge is 2.26. The van der Waals surface area contributed by atoms with E-state index in [4.69, 9.17) is 0 Å². The number of phenols is 1. The maximum Gasteiger partial charge on any atom is 0.115 e. The van der Waals surface area contributed by atoms with Crippen molar-refractivity contribution < 1.29 is 5.11 Å². The standard InChI is InChI=1S/C17H18N2O/c1-12-5-3-4-6-15(12)17-11-16(18-19(17)2)13-7-9-14(20)10-8-13/h3-10,17,20H,11H2,1-2H3. The highest BCUT2D eigenvalue weighted by atomic mass is 16.3. The average molecular weight is 266 g/mol. The second-order valence-electron chi connectivity index (χ2n) is 5.24. The van der Waals surface area contributed by atoms with Crippen LogP contribution < -0.4 is 0 Å². The lowest BCUT2D eigenvalue weighted by Gasteiger charge is -2.20. The molecule has 20 heavy (non-hydrogen) atoms. The zero-order chi connectivity index (χ0) is 14.1. The second kappa shape index (κ2) is 5.00. The lowest BCUT2D eigenvalue weighted by Crippen LogP contribution is -2.14. The molecule has 1 unspecified atom stereocenters. The normalized spacial score (nSPS) is 18.2. The third-order valence-corrected chi connectivity index (χ3v) is 3.86. The molecule has 0 aromatic heterocycles. The summed E-state index contributed by atoms with van der Waals surface area (Å²) in [6, 6.07) is 16.0. The zero-order valence-corrected chi connectivity index (χ0v) is 11.7. The fourth-order valence-electron chi connectivity index (χ4n) is 2.72. The molecule has 0 saturated carbocycles. The first-order chi connectivity index (χ1) is 9.65. The lowest BCUT2D eigenvalue weighted by molar-refractivity contribution is 0.289. The number of aromatic hydroxyl groups is 1. The van der Waals surface area contributed by atoms with Gasteiger partial charge in [0.1, 0.15) is 5.75 Å². The van der Waals surface area contributed by atoms with Crippen molar-refractivity contribution in [2.24, 2.45) is 5.10 Å². The molecule has 1 aliphatic heterocycles. The predicted molar refractivity (Wildman–Crippen MR) is 80.9 cm³/mol. The minimum absolute atomic E-state index is 0.288. The van der Waals surface area contributed by atoms with Crippen LogP contribution in [0, 0.1) is 6.92 Å². The minimum Gasteiger partial charge on any atom is -0.508 e. The third kappa shape index (κ3) is 2.27. The van der Waals surface area contributed by atoms with Gasteiger partial charge in [-0.15, -0.1) is 0 Å². The fourth-order valence-corrected chi connectivity index (χ4v) is 2.72. The first-order valence-electron chi connectivity index (χ1n) is 6.80. The molecule has 0 spiro atoms. The smallest absolute Gasteiger partial charge is 0.115 e. The Morgan fingerprint density at radius 1 is 1.10 bits per heavy atom. The van der Waals surface area contributed by atoms with E-state index in [1.807, 2.05) is 24.2 Å². The second-order valence-corrected chi connectivity index (χ2v) is 5.24. The summed E-state index contributed by atoms with van der Waals surface area (Å²) in [5.74, 6) is 0.288. The van der Waals surface area contributed by atoms with Crippen molar-refractivity contribution in [3.8, 4) is 5.75 Å². The van der Waals surface area contributed by atoms with E-state index in [9.17, 15) is 5.11 Å². The molecule has 0 amide bonds. The fraction of sp³-hybridized carbons (Fsp3) is 0.235. The molecule has 0 saturated heterocycles. The van der Waals surface area contributed by atoms with Gasteiger partial charge >= 0.3 is 0 Å². The van der Waals surface area contributed by atoms with E-state index < -0.39 is 0 Å². The zero-order valence-electron chi connectivity index (χ0n) is 11.7. The molecule has 1 atom stereocenters. The molecule has 3 nitrogen and oxygen atoms in total. The van der Waals surface area contributed by atoms with Gasteiger partial charge in [0.15, 0.2) is 0 Å². The van der Waals surface area contributed by atoms with Crippen LogP contribution in [-0.4, -0.2) is 22.9 Å². The van der Waals surface area contributed by atoms with Gasteiger partial charge in [0.05, 0.1) is 11.8 Å². The quantitative estimate of drug-likeness (QED) is 0.903. The summed E-state index contributed by atoms with van der Waals surface area (Å²) in [5, 5.41) is 16.1. The molecule has 0 bridgehead atoms. The lowest BCUT2D eigenvalue weighted by atomic mass is 9.95. The largest absolute Gasteiger partial charge is 0.508 e. The average Bonchev–Trinajstić information content (AvgIpc) is 2.82. The number of phenolic OH excluding ortho intramolecular Hbond substituents is 1. The predicted octanol–water partition coefficient (Wildman–Crippen LogP) is 3.48. The van der Waals surface area contributed by atoms with Crippen LogP contribution in [0.1, 0.15) is 29.2 Å². The van der Waals surface area contributed by atoms with Crippen LogP contribution in [-0.2, 0) is 0 Å². The molecule has 3 rings (SSSR count). The van der Waals surface area contributed by atoms with Gasteiger partial charge in [-0.3, -0.25) is 5.01 Å². The Hall–Kier alpha value is -2.29. The van der Waals surface area contributed by atoms with Gasteiger partial charge in [-0.1, -0.05) is 24.3 Å². The molecule has 2 aromatic carbocycles. The van der Waals surface area contributed by atoms with Crippen LogP contribution in [0.2, 0.25) is 0 Å². The Morgan fingerprint density at radius 3 is 2.50 bits per heavy atom. The van der Waals surface area contributed by atoms with Crippen LogP contribution >= 0.6 is 0 Å². The van der Waals surface area contributed by atoms with Gasteiger partial charge in [0, 0.05) is 13.5 Å². The summed E-state index contributed by atoms with van der Waals surface area (Å²) < 4.78 is 0. The van der Waals surface area contributed by atoms with E-state index in [-0.39, 0.29) is 5.75 Å². The van der Waals surface area contributed by atoms with Crippen molar-refractivity contribution in [3.05, 3.63) is 65.2 Å². The molecule has 2 aromatic rings. The molecule has 0 aliphatic carbocycles. The van der Waals surface area contributed by atoms with E-state index in [2.05, 4.69) is 36.3 Å². The van der Waals surface area contributed by atoms with Crippen LogP contribution in [0.5, 0.6) is 5.75 Å². The van der Waals surface area contributed by atoms with Crippen molar-refractivity contribution in [1.29, 1.82) is 0 Å². The van der Waals surface area contributed by atoms with Crippen LogP contribution in [0.15, 0.2) is 53.6 Å². The van der Waals surface area contributed by atoms with Gasteiger partial charge < -0.3 is 5.11 Å². The summed E-state index contributed by atoms with van der Waals surface area (Å²) in [6.45, 7) is 2.14. The minimum atomic E-state index is 0.288. The summed E-state index contributed by atoms with van der Waals surface area (Å²) in [5.41, 5.74) is 4.77. The van der Waals surface area contributed by atoms with E-state index in [0.29, 0.717) is 6.04 Å². The number of aryl methyl sites for hydroxylation is 1. The van der Waals surface area contributed by atoms with E-state index >= 15 is 0 Å². The number of rotatable bonds is 2. The topological polar surface area (TPSA) is 35.8 Å². The third-order valence-electron chi connectivity index (χ3n) is 3.86. The summed E-state index contributed by atoms with van der Waals surface area (Å²) in [7, 11) is 2.02. The van der Waals surface area contributed by atoms with Crippen molar-refractivity contribution in [2.45, 2.75) is 19.4 Å². The monoisotopic (exact) mass is 266 g/mol. The molecular formula is C17H18N2O.